The minimum Gasteiger partial charge on any atom is -0.235 e. The summed E-state index contributed by atoms with van der Waals surface area (Å²) in [6, 6.07) is 1.92. The van der Waals surface area contributed by atoms with Crippen molar-refractivity contribution in [1.82, 2.24) is 9.97 Å². The van der Waals surface area contributed by atoms with E-state index in [1.165, 1.54) is 6.33 Å². The number of hydrogen-bond acceptors (Lipinski definition) is 3. The molecule has 11 heavy (non-hydrogen) atoms. The molecule has 0 bridgehead atoms. The second-order valence-electron chi connectivity index (χ2n) is 1.80. The molecule has 0 aliphatic carbocycles. The van der Waals surface area contributed by atoms with E-state index in [0.717, 1.165) is 10.2 Å². The summed E-state index contributed by atoms with van der Waals surface area (Å²) in [4.78, 5) is 7.86. The Kier molecular flexibility index (Phi) is 2.65. The van der Waals surface area contributed by atoms with Gasteiger partial charge in [0.25, 0.3) is 0 Å². The van der Waals surface area contributed by atoms with Crippen LogP contribution in [-0.4, -0.2) is 9.97 Å². The summed E-state index contributed by atoms with van der Waals surface area (Å²) in [6.45, 7) is 0. The van der Waals surface area contributed by atoms with Crippen molar-refractivity contribution in [3.05, 3.63) is 22.9 Å². The normalized spacial score (nSPS) is 9.55. The molecule has 0 aliphatic heterocycles. The van der Waals surface area contributed by atoms with E-state index in [2.05, 4.69) is 9.97 Å². The van der Waals surface area contributed by atoms with Crippen LogP contribution in [0.1, 0.15) is 0 Å². The number of nitrogens with zero attached hydrogens (tertiary/aromatic N) is 2. The van der Waals surface area contributed by atoms with Crippen molar-refractivity contribution in [3.8, 4) is 0 Å². The molecule has 0 spiro atoms. The Hall–Kier alpha value is -0.380. The lowest BCUT2D eigenvalue weighted by molar-refractivity contribution is 1.23. The summed E-state index contributed by atoms with van der Waals surface area (Å²) < 4.78 is 0.962. The van der Waals surface area contributed by atoms with Gasteiger partial charge in [-0.05, 0) is 11.4 Å². The first kappa shape index (κ1) is 8.71. The van der Waals surface area contributed by atoms with Crippen LogP contribution >= 0.6 is 35.3 Å². The Morgan fingerprint density at radius 2 is 2.18 bits per heavy atom. The van der Waals surface area contributed by atoms with Gasteiger partial charge in [0.1, 0.15) is 11.5 Å². The molecular formula is C6H4Cl2N2S. The lowest BCUT2D eigenvalue weighted by Gasteiger charge is -1.87. The third-order valence-electron chi connectivity index (χ3n) is 1.20. The third kappa shape index (κ3) is 1.45. The van der Waals surface area contributed by atoms with Gasteiger partial charge in [-0.3, -0.25) is 0 Å². The SMILES string of the molecule is Cl.Clc1ncnc2ccsc12. The maximum absolute atomic E-state index is 5.76. The molecule has 0 aliphatic rings. The molecule has 0 N–H and O–H groups in total. The van der Waals surface area contributed by atoms with Gasteiger partial charge in [-0.2, -0.15) is 0 Å². The number of thiophene rings is 1. The highest BCUT2D eigenvalue weighted by Gasteiger charge is 1.99. The van der Waals surface area contributed by atoms with E-state index < -0.39 is 0 Å². The second-order valence-corrected chi connectivity index (χ2v) is 3.07. The fourth-order valence-electron chi connectivity index (χ4n) is 0.759. The molecule has 58 valence electrons. The molecule has 0 radical (unpaired) electrons. The van der Waals surface area contributed by atoms with Crippen molar-refractivity contribution in [1.29, 1.82) is 0 Å². The summed E-state index contributed by atoms with van der Waals surface area (Å²) in [5, 5.41) is 2.49. The second kappa shape index (κ2) is 3.34. The third-order valence-corrected chi connectivity index (χ3v) is 2.51. The van der Waals surface area contributed by atoms with E-state index in [-0.39, 0.29) is 12.4 Å². The first-order chi connectivity index (χ1) is 4.88. The van der Waals surface area contributed by atoms with Gasteiger partial charge in [0, 0.05) is 0 Å². The molecule has 0 amide bonds. The molecular weight excluding hydrogens is 203 g/mol. The topological polar surface area (TPSA) is 25.8 Å². The van der Waals surface area contributed by atoms with Crippen molar-refractivity contribution in [2.24, 2.45) is 0 Å². The zero-order valence-corrected chi connectivity index (χ0v) is 7.71. The number of aromatic nitrogens is 2. The largest absolute Gasteiger partial charge is 0.235 e. The molecule has 2 aromatic heterocycles. The number of hydrogen-bond donors (Lipinski definition) is 0. The zero-order chi connectivity index (χ0) is 6.97. The Morgan fingerprint density at radius 1 is 1.36 bits per heavy atom. The highest BCUT2D eigenvalue weighted by atomic mass is 35.5. The van der Waals surface area contributed by atoms with Crippen molar-refractivity contribution in [2.75, 3.05) is 0 Å². The van der Waals surface area contributed by atoms with Crippen molar-refractivity contribution >= 4 is 45.6 Å². The van der Waals surface area contributed by atoms with E-state index in [1.807, 2.05) is 11.4 Å². The minimum absolute atomic E-state index is 0. The fourth-order valence-corrected chi connectivity index (χ4v) is 1.76. The van der Waals surface area contributed by atoms with Crippen LogP contribution in [0.3, 0.4) is 0 Å². The zero-order valence-electron chi connectivity index (χ0n) is 5.32. The molecule has 0 saturated carbocycles. The van der Waals surface area contributed by atoms with E-state index in [9.17, 15) is 0 Å². The molecule has 0 fully saturated rings. The molecule has 2 nitrogen and oxygen atoms in total. The van der Waals surface area contributed by atoms with Crippen LogP contribution in [0.5, 0.6) is 0 Å². The van der Waals surface area contributed by atoms with Gasteiger partial charge in [-0.1, -0.05) is 11.6 Å². The van der Waals surface area contributed by atoms with Crippen molar-refractivity contribution in [3.63, 3.8) is 0 Å². The van der Waals surface area contributed by atoms with E-state index in [1.54, 1.807) is 11.3 Å². The molecule has 2 heterocycles. The van der Waals surface area contributed by atoms with Crippen LogP contribution in [0.15, 0.2) is 17.8 Å². The molecule has 2 aromatic rings. The fraction of sp³-hybridized carbons (Fsp3) is 0. The maximum Gasteiger partial charge on any atom is 0.150 e. The van der Waals surface area contributed by atoms with Gasteiger partial charge in [0.2, 0.25) is 0 Å². The molecule has 0 atom stereocenters. The summed E-state index contributed by atoms with van der Waals surface area (Å²) in [5.41, 5.74) is 0.921. The van der Waals surface area contributed by atoms with Gasteiger partial charge >= 0.3 is 0 Å². The Morgan fingerprint density at radius 3 is 2.91 bits per heavy atom. The Balaban J connectivity index is 0.000000605. The summed E-state index contributed by atoms with van der Waals surface area (Å²) >= 11 is 7.31. The van der Waals surface area contributed by atoms with Crippen LogP contribution < -0.4 is 0 Å². The smallest absolute Gasteiger partial charge is 0.150 e. The maximum atomic E-state index is 5.76. The first-order valence-electron chi connectivity index (χ1n) is 2.71. The van der Waals surface area contributed by atoms with Gasteiger partial charge in [-0.25, -0.2) is 9.97 Å². The van der Waals surface area contributed by atoms with Crippen LogP contribution in [-0.2, 0) is 0 Å². The van der Waals surface area contributed by atoms with Gasteiger partial charge < -0.3 is 0 Å². The van der Waals surface area contributed by atoms with Crippen molar-refractivity contribution < 1.29 is 0 Å². The Labute approximate surface area is 78.6 Å². The molecule has 0 saturated heterocycles. The van der Waals surface area contributed by atoms with E-state index >= 15 is 0 Å². The number of halogens is 2. The van der Waals surface area contributed by atoms with E-state index in [0.29, 0.717) is 5.15 Å². The summed E-state index contributed by atoms with van der Waals surface area (Å²) in [6.07, 6.45) is 1.47. The first-order valence-corrected chi connectivity index (χ1v) is 3.97. The quantitative estimate of drug-likeness (QED) is 0.620. The lowest BCUT2D eigenvalue weighted by atomic mass is 10.5. The highest BCUT2D eigenvalue weighted by Crippen LogP contribution is 2.23. The van der Waals surface area contributed by atoms with Crippen molar-refractivity contribution in [2.45, 2.75) is 0 Å². The summed E-state index contributed by atoms with van der Waals surface area (Å²) in [5.74, 6) is 0. The van der Waals surface area contributed by atoms with Crippen LogP contribution in [0.25, 0.3) is 10.2 Å². The van der Waals surface area contributed by atoms with Gasteiger partial charge in [0.15, 0.2) is 0 Å². The average molecular weight is 207 g/mol. The molecule has 0 unspecified atom stereocenters. The van der Waals surface area contributed by atoms with Gasteiger partial charge in [0.05, 0.1) is 10.2 Å². The minimum atomic E-state index is 0. The average Bonchev–Trinajstić information content (AvgIpc) is 2.36. The van der Waals surface area contributed by atoms with Crippen LogP contribution in [0, 0.1) is 0 Å². The van der Waals surface area contributed by atoms with Gasteiger partial charge in [-0.15, -0.1) is 23.7 Å². The lowest BCUT2D eigenvalue weighted by Crippen LogP contribution is -1.76. The standard InChI is InChI=1S/C6H3ClN2S.ClH/c7-6-5-4(1-2-10-5)8-3-9-6;/h1-3H;1H. The van der Waals surface area contributed by atoms with Crippen LogP contribution in [0.2, 0.25) is 5.15 Å². The predicted octanol–water partition coefficient (Wildman–Crippen LogP) is 2.77. The number of fused-ring (bicyclic) bond motifs is 1. The summed E-state index contributed by atoms with van der Waals surface area (Å²) in [7, 11) is 0. The highest BCUT2D eigenvalue weighted by molar-refractivity contribution is 7.17. The molecule has 5 heteroatoms. The Bertz CT molecular complexity index is 360. The molecule has 0 aromatic carbocycles. The molecule has 2 rings (SSSR count). The van der Waals surface area contributed by atoms with E-state index in [4.69, 9.17) is 11.6 Å². The monoisotopic (exact) mass is 206 g/mol. The number of rotatable bonds is 0. The van der Waals surface area contributed by atoms with Crippen LogP contribution in [0.4, 0.5) is 0 Å². The predicted molar refractivity (Wildman–Crippen MR) is 49.7 cm³/mol.